The minimum atomic E-state index is -3.98. The zero-order chi connectivity index (χ0) is 19.6. The van der Waals surface area contributed by atoms with E-state index in [0.29, 0.717) is 12.2 Å². The highest BCUT2D eigenvalue weighted by molar-refractivity contribution is 7.89. The van der Waals surface area contributed by atoms with Gasteiger partial charge in [-0.05, 0) is 23.8 Å². The Morgan fingerprint density at radius 2 is 1.57 bits per heavy atom. The number of halogens is 1. The summed E-state index contributed by atoms with van der Waals surface area (Å²) in [6, 6.07) is 22.8. The molecule has 4 rings (SSSR count). The van der Waals surface area contributed by atoms with Crippen molar-refractivity contribution in [1.29, 1.82) is 0 Å². The lowest BCUT2D eigenvalue weighted by Gasteiger charge is -2.06. The summed E-state index contributed by atoms with van der Waals surface area (Å²) in [4.78, 5) is -0.372. The molecular weight excluding hydrogens is 377 g/mol. The van der Waals surface area contributed by atoms with Gasteiger partial charge in [-0.3, -0.25) is 4.68 Å². The van der Waals surface area contributed by atoms with E-state index in [2.05, 4.69) is 9.82 Å². The number of sulfonamides is 1. The molecule has 3 aromatic carbocycles. The van der Waals surface area contributed by atoms with Gasteiger partial charge in [0.25, 0.3) is 0 Å². The van der Waals surface area contributed by atoms with E-state index in [1.165, 1.54) is 18.2 Å². The fourth-order valence-electron chi connectivity index (χ4n) is 3.11. The topological polar surface area (TPSA) is 64.0 Å². The van der Waals surface area contributed by atoms with Crippen LogP contribution in [0.2, 0.25) is 0 Å². The molecule has 28 heavy (non-hydrogen) atoms. The maximum Gasteiger partial charge on any atom is 0.243 e. The zero-order valence-electron chi connectivity index (χ0n) is 14.9. The molecule has 0 bridgehead atoms. The molecule has 0 aliphatic rings. The predicted molar refractivity (Wildman–Crippen MR) is 106 cm³/mol. The Kier molecular flexibility index (Phi) is 4.93. The normalized spacial score (nSPS) is 11.8. The first-order chi connectivity index (χ1) is 13.5. The van der Waals surface area contributed by atoms with Crippen LogP contribution in [-0.2, 0) is 23.1 Å². The Bertz CT molecular complexity index is 1220. The number of nitrogens with zero attached hydrogens (tertiary/aromatic N) is 2. The third kappa shape index (κ3) is 3.67. The van der Waals surface area contributed by atoms with Crippen molar-refractivity contribution in [2.24, 2.45) is 0 Å². The number of benzene rings is 3. The van der Waals surface area contributed by atoms with Gasteiger partial charge >= 0.3 is 0 Å². The van der Waals surface area contributed by atoms with Crippen LogP contribution in [0, 0.1) is 5.82 Å². The summed E-state index contributed by atoms with van der Waals surface area (Å²) >= 11 is 0. The van der Waals surface area contributed by atoms with Crippen LogP contribution in [0.15, 0.2) is 83.8 Å². The van der Waals surface area contributed by atoms with Crippen LogP contribution in [0.4, 0.5) is 4.39 Å². The maximum atomic E-state index is 13.9. The second-order valence-electron chi connectivity index (χ2n) is 6.36. The molecule has 0 unspecified atom stereocenters. The number of hydrogen-bond acceptors (Lipinski definition) is 3. The highest BCUT2D eigenvalue weighted by atomic mass is 32.2. The van der Waals surface area contributed by atoms with Crippen molar-refractivity contribution in [3.63, 3.8) is 0 Å². The van der Waals surface area contributed by atoms with Gasteiger partial charge in [0, 0.05) is 5.39 Å². The molecule has 0 aliphatic carbocycles. The van der Waals surface area contributed by atoms with Crippen LogP contribution in [0.5, 0.6) is 0 Å². The first kappa shape index (κ1) is 18.3. The number of rotatable bonds is 6. The van der Waals surface area contributed by atoms with Gasteiger partial charge in [-0.15, -0.1) is 0 Å². The molecule has 1 N–H and O–H groups in total. The second kappa shape index (κ2) is 7.53. The fraction of sp³-hybridized carbons (Fsp3) is 0.0952. The molecule has 0 spiro atoms. The predicted octanol–water partition coefficient (Wildman–Crippen LogP) is 3.70. The first-order valence-electron chi connectivity index (χ1n) is 8.77. The third-order valence-corrected chi connectivity index (χ3v) is 5.90. The average molecular weight is 395 g/mol. The van der Waals surface area contributed by atoms with E-state index in [1.54, 1.807) is 0 Å². The summed E-state index contributed by atoms with van der Waals surface area (Å²) in [5.74, 6) is -0.783. The van der Waals surface area contributed by atoms with Crippen LogP contribution in [0.1, 0.15) is 11.3 Å². The molecule has 0 atom stereocenters. The standard InChI is InChI=1S/C21H18FN3O2S/c22-18-11-5-7-13-21(18)28(26,27)23-14-19-17-10-4-6-12-20(17)25(24-19)15-16-8-2-1-3-9-16/h1-13,23H,14-15H2. The summed E-state index contributed by atoms with van der Waals surface area (Å²) in [5.41, 5.74) is 2.59. The molecular formula is C21H18FN3O2S. The molecule has 5 nitrogen and oxygen atoms in total. The number of fused-ring (bicyclic) bond motifs is 1. The quantitative estimate of drug-likeness (QED) is 0.541. The van der Waals surface area contributed by atoms with Crippen molar-refractivity contribution in [1.82, 2.24) is 14.5 Å². The highest BCUT2D eigenvalue weighted by Crippen LogP contribution is 2.21. The summed E-state index contributed by atoms with van der Waals surface area (Å²) in [6.07, 6.45) is 0. The lowest BCUT2D eigenvalue weighted by Crippen LogP contribution is -2.24. The Balaban J connectivity index is 1.63. The number of hydrogen-bond donors (Lipinski definition) is 1. The lowest BCUT2D eigenvalue weighted by molar-refractivity contribution is 0.555. The van der Waals surface area contributed by atoms with E-state index in [1.807, 2.05) is 59.3 Å². The van der Waals surface area contributed by atoms with Crippen molar-refractivity contribution < 1.29 is 12.8 Å². The molecule has 1 heterocycles. The van der Waals surface area contributed by atoms with E-state index in [-0.39, 0.29) is 11.4 Å². The van der Waals surface area contributed by atoms with Gasteiger partial charge < -0.3 is 0 Å². The van der Waals surface area contributed by atoms with Gasteiger partial charge in [0.05, 0.1) is 24.3 Å². The summed E-state index contributed by atoms with van der Waals surface area (Å²) in [6.45, 7) is 0.542. The molecule has 7 heteroatoms. The molecule has 4 aromatic rings. The molecule has 0 radical (unpaired) electrons. The van der Waals surface area contributed by atoms with Gasteiger partial charge in [-0.2, -0.15) is 5.10 Å². The zero-order valence-corrected chi connectivity index (χ0v) is 15.7. The van der Waals surface area contributed by atoms with E-state index in [9.17, 15) is 12.8 Å². The van der Waals surface area contributed by atoms with Crippen LogP contribution in [0.25, 0.3) is 10.9 Å². The molecule has 0 aliphatic heterocycles. The SMILES string of the molecule is O=S(=O)(NCc1nn(Cc2ccccc2)c2ccccc12)c1ccccc1F. The first-order valence-corrected chi connectivity index (χ1v) is 10.3. The minimum absolute atomic E-state index is 0.0288. The number of nitrogens with one attached hydrogen (secondary N) is 1. The Hall–Kier alpha value is -3.03. The van der Waals surface area contributed by atoms with E-state index >= 15 is 0 Å². The monoisotopic (exact) mass is 395 g/mol. The molecule has 0 saturated heterocycles. The van der Waals surface area contributed by atoms with E-state index in [0.717, 1.165) is 22.5 Å². The van der Waals surface area contributed by atoms with Crippen LogP contribution in [0.3, 0.4) is 0 Å². The lowest BCUT2D eigenvalue weighted by atomic mass is 10.2. The molecule has 1 aromatic heterocycles. The van der Waals surface area contributed by atoms with Crippen molar-refractivity contribution in [2.75, 3.05) is 0 Å². The Morgan fingerprint density at radius 1 is 0.893 bits per heavy atom. The van der Waals surface area contributed by atoms with Gasteiger partial charge in [-0.1, -0.05) is 60.7 Å². The smallest absolute Gasteiger partial charge is 0.243 e. The summed E-state index contributed by atoms with van der Waals surface area (Å²) < 4.78 is 43.1. The van der Waals surface area contributed by atoms with Crippen molar-refractivity contribution >= 4 is 20.9 Å². The van der Waals surface area contributed by atoms with E-state index in [4.69, 9.17) is 0 Å². The minimum Gasteiger partial charge on any atom is -0.260 e. The van der Waals surface area contributed by atoms with Crippen LogP contribution < -0.4 is 4.72 Å². The van der Waals surface area contributed by atoms with Crippen molar-refractivity contribution in [3.8, 4) is 0 Å². The van der Waals surface area contributed by atoms with Crippen molar-refractivity contribution in [2.45, 2.75) is 18.0 Å². The largest absolute Gasteiger partial charge is 0.260 e. The molecule has 0 fully saturated rings. The highest BCUT2D eigenvalue weighted by Gasteiger charge is 2.19. The van der Waals surface area contributed by atoms with Gasteiger partial charge in [0.2, 0.25) is 10.0 Å². The second-order valence-corrected chi connectivity index (χ2v) is 8.10. The summed E-state index contributed by atoms with van der Waals surface area (Å²) in [5, 5.41) is 5.46. The molecule has 0 amide bonds. The number of para-hydroxylation sites is 1. The Labute approximate surface area is 162 Å². The van der Waals surface area contributed by atoms with Gasteiger partial charge in [0.15, 0.2) is 0 Å². The van der Waals surface area contributed by atoms with Crippen LogP contribution >= 0.6 is 0 Å². The molecule has 142 valence electrons. The Morgan fingerprint density at radius 3 is 2.36 bits per heavy atom. The van der Waals surface area contributed by atoms with Gasteiger partial charge in [-0.25, -0.2) is 17.5 Å². The third-order valence-electron chi connectivity index (χ3n) is 4.47. The molecule has 0 saturated carbocycles. The van der Waals surface area contributed by atoms with Crippen LogP contribution in [-0.4, -0.2) is 18.2 Å². The number of aromatic nitrogens is 2. The van der Waals surface area contributed by atoms with E-state index < -0.39 is 15.8 Å². The van der Waals surface area contributed by atoms with Gasteiger partial charge in [0.1, 0.15) is 10.7 Å². The summed E-state index contributed by atoms with van der Waals surface area (Å²) in [7, 11) is -3.98. The average Bonchev–Trinajstić information content (AvgIpc) is 3.05. The van der Waals surface area contributed by atoms with Crippen molar-refractivity contribution in [3.05, 3.63) is 95.9 Å². The fourth-order valence-corrected chi connectivity index (χ4v) is 4.17. The maximum absolute atomic E-state index is 13.9.